The summed E-state index contributed by atoms with van der Waals surface area (Å²) in [4.78, 5) is 55.3. The first-order chi connectivity index (χ1) is 16.6. The van der Waals surface area contributed by atoms with Gasteiger partial charge in [-0.05, 0) is 98.3 Å². The Morgan fingerprint density at radius 2 is 1.20 bits per heavy atom. The average Bonchev–Trinajstić information content (AvgIpc) is 3.24. The fourth-order valence-electron chi connectivity index (χ4n) is 4.92. The summed E-state index contributed by atoms with van der Waals surface area (Å²) in [5, 5.41) is 0. The van der Waals surface area contributed by atoms with Crippen molar-refractivity contribution in [2.45, 2.75) is 47.0 Å². The van der Waals surface area contributed by atoms with Crippen LogP contribution in [0.4, 0.5) is 11.4 Å². The molecule has 0 N–H and O–H groups in total. The van der Waals surface area contributed by atoms with Crippen LogP contribution in [-0.4, -0.2) is 23.6 Å². The Morgan fingerprint density at radius 1 is 0.629 bits per heavy atom. The van der Waals surface area contributed by atoms with Gasteiger partial charge in [0.1, 0.15) is 0 Å². The smallest absolute Gasteiger partial charge is 0.266 e. The molecule has 1 fully saturated rings. The zero-order valence-corrected chi connectivity index (χ0v) is 20.4. The molecule has 2 aliphatic heterocycles. The number of rotatable bonds is 3. The molecular weight excluding hydrogens is 440 g/mol. The third-order valence-electron chi connectivity index (χ3n) is 7.25. The highest BCUT2D eigenvalue weighted by molar-refractivity contribution is 6.35. The van der Waals surface area contributed by atoms with Crippen molar-refractivity contribution in [2.75, 3.05) is 9.80 Å². The molecule has 5 rings (SSSR count). The molecule has 0 aromatic heterocycles. The zero-order chi connectivity index (χ0) is 25.2. The summed E-state index contributed by atoms with van der Waals surface area (Å²) in [5.41, 5.74) is 7.02. The standard InChI is InChI=1S/C29H26N2O4/c1-15-6-8-21(11-17(15)3)30-25(32)14-23(27(30)33)20-10-19(5)26-24(13-20)28(34)31(29(26)35)22-9-7-16(2)18(4)12-22/h6-13,23H,14H2,1-5H3/t23-/m0/s1. The SMILES string of the molecule is Cc1ccc(N2C(=O)c3cc([C@@H]4CC(=O)N(c5ccc(C)c(C)c5)C4=O)cc(C)c3C2=O)cc1C. The van der Waals surface area contributed by atoms with Crippen molar-refractivity contribution < 1.29 is 19.2 Å². The highest BCUT2D eigenvalue weighted by atomic mass is 16.2. The molecule has 1 atom stereocenters. The van der Waals surface area contributed by atoms with Crippen molar-refractivity contribution in [3.05, 3.63) is 93.0 Å². The molecule has 176 valence electrons. The van der Waals surface area contributed by atoms with Gasteiger partial charge in [0.05, 0.1) is 28.4 Å². The van der Waals surface area contributed by atoms with Crippen LogP contribution in [0.1, 0.15) is 66.4 Å². The van der Waals surface area contributed by atoms with E-state index in [-0.39, 0.29) is 29.7 Å². The second kappa shape index (κ2) is 8.01. The molecule has 2 aliphatic rings. The molecule has 0 saturated carbocycles. The molecule has 0 radical (unpaired) electrons. The second-order valence-electron chi connectivity index (χ2n) is 9.57. The Balaban J connectivity index is 1.52. The Morgan fingerprint density at radius 3 is 1.77 bits per heavy atom. The number of anilines is 2. The molecular formula is C29H26N2O4. The summed E-state index contributed by atoms with van der Waals surface area (Å²) in [6.45, 7) is 9.58. The largest absolute Gasteiger partial charge is 0.274 e. The molecule has 3 aromatic carbocycles. The predicted octanol–water partition coefficient (Wildman–Crippen LogP) is 5.08. The van der Waals surface area contributed by atoms with Crippen LogP contribution in [0.15, 0.2) is 48.5 Å². The van der Waals surface area contributed by atoms with Crippen LogP contribution >= 0.6 is 0 Å². The maximum absolute atomic E-state index is 13.4. The first-order valence-corrected chi connectivity index (χ1v) is 11.6. The summed E-state index contributed by atoms with van der Waals surface area (Å²) >= 11 is 0. The van der Waals surface area contributed by atoms with E-state index >= 15 is 0 Å². The van der Waals surface area contributed by atoms with E-state index in [1.165, 1.54) is 9.80 Å². The lowest BCUT2D eigenvalue weighted by Gasteiger charge is -2.17. The van der Waals surface area contributed by atoms with Gasteiger partial charge in [0.15, 0.2) is 0 Å². The van der Waals surface area contributed by atoms with Crippen LogP contribution in [0.25, 0.3) is 0 Å². The van der Waals surface area contributed by atoms with E-state index in [0.717, 1.165) is 22.3 Å². The van der Waals surface area contributed by atoms with Crippen LogP contribution in [0, 0.1) is 34.6 Å². The average molecular weight is 467 g/mol. The maximum atomic E-state index is 13.4. The van der Waals surface area contributed by atoms with Gasteiger partial charge >= 0.3 is 0 Å². The highest BCUT2D eigenvalue weighted by Gasteiger charge is 2.43. The van der Waals surface area contributed by atoms with Crippen molar-refractivity contribution in [3.63, 3.8) is 0 Å². The third kappa shape index (κ3) is 3.48. The molecule has 1 saturated heterocycles. The lowest BCUT2D eigenvalue weighted by Crippen LogP contribution is -2.30. The van der Waals surface area contributed by atoms with Crippen LogP contribution in [0.2, 0.25) is 0 Å². The van der Waals surface area contributed by atoms with Gasteiger partial charge in [-0.2, -0.15) is 0 Å². The minimum absolute atomic E-state index is 0.0208. The van der Waals surface area contributed by atoms with Gasteiger partial charge in [0.2, 0.25) is 11.8 Å². The number of amides is 4. The van der Waals surface area contributed by atoms with Crippen LogP contribution in [-0.2, 0) is 9.59 Å². The van der Waals surface area contributed by atoms with Crippen molar-refractivity contribution >= 4 is 35.0 Å². The first-order valence-electron chi connectivity index (χ1n) is 11.6. The molecule has 0 aliphatic carbocycles. The van der Waals surface area contributed by atoms with E-state index in [0.29, 0.717) is 28.1 Å². The maximum Gasteiger partial charge on any atom is 0.266 e. The summed E-state index contributed by atoms with van der Waals surface area (Å²) in [6, 6.07) is 14.4. The Bertz CT molecular complexity index is 1470. The Hall–Kier alpha value is -4.06. The van der Waals surface area contributed by atoms with Gasteiger partial charge in [0.25, 0.3) is 11.8 Å². The lowest BCUT2D eigenvalue weighted by atomic mass is 9.91. The monoisotopic (exact) mass is 466 g/mol. The summed E-state index contributed by atoms with van der Waals surface area (Å²) < 4.78 is 0. The van der Waals surface area contributed by atoms with E-state index in [1.54, 1.807) is 31.2 Å². The molecule has 6 nitrogen and oxygen atoms in total. The van der Waals surface area contributed by atoms with Crippen LogP contribution < -0.4 is 9.80 Å². The van der Waals surface area contributed by atoms with Crippen molar-refractivity contribution in [1.29, 1.82) is 0 Å². The minimum atomic E-state index is -0.702. The molecule has 0 spiro atoms. The second-order valence-corrected chi connectivity index (χ2v) is 9.57. The van der Waals surface area contributed by atoms with Gasteiger partial charge in [0, 0.05) is 6.42 Å². The molecule has 3 aromatic rings. The van der Waals surface area contributed by atoms with E-state index < -0.39 is 11.8 Å². The van der Waals surface area contributed by atoms with Crippen LogP contribution in [0.5, 0.6) is 0 Å². The molecule has 4 amide bonds. The minimum Gasteiger partial charge on any atom is -0.274 e. The number of carbonyl (C=O) groups is 4. The number of nitrogens with zero attached hydrogens (tertiary/aromatic N) is 2. The molecule has 6 heteroatoms. The summed E-state index contributed by atoms with van der Waals surface area (Å²) in [6.07, 6.45) is 0.0208. The third-order valence-corrected chi connectivity index (χ3v) is 7.25. The lowest BCUT2D eigenvalue weighted by molar-refractivity contribution is -0.121. The number of hydrogen-bond donors (Lipinski definition) is 0. The van der Waals surface area contributed by atoms with Gasteiger partial charge < -0.3 is 0 Å². The van der Waals surface area contributed by atoms with E-state index in [1.807, 2.05) is 52.0 Å². The van der Waals surface area contributed by atoms with E-state index in [9.17, 15) is 19.2 Å². The zero-order valence-electron chi connectivity index (χ0n) is 20.4. The molecule has 2 heterocycles. The fraction of sp³-hybridized carbons (Fsp3) is 0.241. The molecule has 0 bridgehead atoms. The topological polar surface area (TPSA) is 74.8 Å². The quantitative estimate of drug-likeness (QED) is 0.505. The number of imide groups is 2. The number of carbonyl (C=O) groups excluding carboxylic acids is 4. The van der Waals surface area contributed by atoms with Gasteiger partial charge in [-0.15, -0.1) is 0 Å². The van der Waals surface area contributed by atoms with Crippen molar-refractivity contribution in [2.24, 2.45) is 0 Å². The number of fused-ring (bicyclic) bond motifs is 1. The molecule has 35 heavy (non-hydrogen) atoms. The van der Waals surface area contributed by atoms with Gasteiger partial charge in [-0.3, -0.25) is 19.2 Å². The van der Waals surface area contributed by atoms with Crippen molar-refractivity contribution in [3.8, 4) is 0 Å². The number of hydrogen-bond acceptors (Lipinski definition) is 4. The fourth-order valence-corrected chi connectivity index (χ4v) is 4.92. The van der Waals surface area contributed by atoms with Gasteiger partial charge in [-0.25, -0.2) is 9.80 Å². The van der Waals surface area contributed by atoms with Crippen LogP contribution in [0.3, 0.4) is 0 Å². The number of aryl methyl sites for hydroxylation is 5. The van der Waals surface area contributed by atoms with Crippen molar-refractivity contribution in [1.82, 2.24) is 0 Å². The summed E-state index contributed by atoms with van der Waals surface area (Å²) in [7, 11) is 0. The Labute approximate surface area is 204 Å². The Kier molecular flexibility index (Phi) is 5.20. The first kappa shape index (κ1) is 22.7. The number of benzene rings is 3. The predicted molar refractivity (Wildman–Crippen MR) is 134 cm³/mol. The molecule has 0 unspecified atom stereocenters. The van der Waals surface area contributed by atoms with E-state index in [2.05, 4.69) is 0 Å². The normalized spacial score (nSPS) is 17.6. The van der Waals surface area contributed by atoms with Gasteiger partial charge in [-0.1, -0.05) is 18.2 Å². The van der Waals surface area contributed by atoms with E-state index in [4.69, 9.17) is 0 Å². The summed E-state index contributed by atoms with van der Waals surface area (Å²) in [5.74, 6) is -2.09. The highest BCUT2D eigenvalue weighted by Crippen LogP contribution is 2.38.